The van der Waals surface area contributed by atoms with Gasteiger partial charge in [-0.2, -0.15) is 0 Å². The Morgan fingerprint density at radius 2 is 1.48 bits per heavy atom. The molecule has 1 N–H and O–H groups in total. The largest absolute Gasteiger partial charge is 0.508 e. The maximum atomic E-state index is 10.00. The average Bonchev–Trinajstić information content (AvgIpc) is 2.72. The number of phenolic OH excluding ortho intramolecular Hbond substituents is 1. The molecule has 0 saturated carbocycles. The van der Waals surface area contributed by atoms with Gasteiger partial charge in [-0.25, -0.2) is 4.98 Å². The van der Waals surface area contributed by atoms with Gasteiger partial charge in [0.25, 0.3) is 0 Å². The summed E-state index contributed by atoms with van der Waals surface area (Å²) < 4.78 is 16.5. The van der Waals surface area contributed by atoms with E-state index in [1.165, 1.54) is 0 Å². The summed E-state index contributed by atoms with van der Waals surface area (Å²) in [4.78, 5) is 4.33. The molecule has 0 spiro atoms. The molecule has 0 radical (unpaired) electrons. The number of phenols is 1. The SMILES string of the molecule is COc1cc2c(-c3cccnc3OC)cc3ccc(O)cc3c2cc1OC. The van der Waals surface area contributed by atoms with Crippen LogP contribution in [0.25, 0.3) is 32.7 Å². The Morgan fingerprint density at radius 1 is 0.741 bits per heavy atom. The van der Waals surface area contributed by atoms with Crippen molar-refractivity contribution in [2.24, 2.45) is 0 Å². The Labute approximate surface area is 156 Å². The standard InChI is InChI=1S/C22H19NO4/c1-25-20-11-18-16-10-14(24)7-6-13(16)9-17(19(18)12-21(20)26-2)15-5-4-8-23-22(15)27-3/h4-12,24H,1-3H3. The second-order valence-electron chi connectivity index (χ2n) is 6.14. The van der Waals surface area contributed by atoms with Gasteiger partial charge in [-0.05, 0) is 69.6 Å². The molecule has 0 atom stereocenters. The van der Waals surface area contributed by atoms with Crippen molar-refractivity contribution in [2.45, 2.75) is 0 Å². The highest BCUT2D eigenvalue weighted by atomic mass is 16.5. The number of aromatic nitrogens is 1. The molecule has 4 aromatic rings. The zero-order valence-electron chi connectivity index (χ0n) is 15.3. The molecular weight excluding hydrogens is 342 g/mol. The first-order valence-corrected chi connectivity index (χ1v) is 8.47. The van der Waals surface area contributed by atoms with Crippen molar-refractivity contribution >= 4 is 21.5 Å². The van der Waals surface area contributed by atoms with Crippen LogP contribution in [0.4, 0.5) is 0 Å². The van der Waals surface area contributed by atoms with Crippen LogP contribution in [0.5, 0.6) is 23.1 Å². The summed E-state index contributed by atoms with van der Waals surface area (Å²) >= 11 is 0. The molecule has 4 rings (SSSR count). The molecule has 0 amide bonds. The Bertz CT molecular complexity index is 1150. The molecule has 136 valence electrons. The number of nitrogens with zero attached hydrogens (tertiary/aromatic N) is 1. The van der Waals surface area contributed by atoms with Crippen molar-refractivity contribution in [3.05, 3.63) is 54.7 Å². The molecule has 1 aromatic heterocycles. The maximum absolute atomic E-state index is 10.00. The van der Waals surface area contributed by atoms with Crippen LogP contribution in [0.2, 0.25) is 0 Å². The highest BCUT2D eigenvalue weighted by Crippen LogP contribution is 2.43. The third-order valence-corrected chi connectivity index (χ3v) is 4.70. The monoisotopic (exact) mass is 361 g/mol. The highest BCUT2D eigenvalue weighted by Gasteiger charge is 2.16. The summed E-state index contributed by atoms with van der Waals surface area (Å²) in [7, 11) is 4.83. The van der Waals surface area contributed by atoms with Gasteiger partial charge in [0.2, 0.25) is 5.88 Å². The van der Waals surface area contributed by atoms with Crippen LogP contribution in [0.1, 0.15) is 0 Å². The minimum Gasteiger partial charge on any atom is -0.508 e. The quantitative estimate of drug-likeness (QED) is 0.530. The fourth-order valence-corrected chi connectivity index (χ4v) is 3.44. The van der Waals surface area contributed by atoms with E-state index in [-0.39, 0.29) is 5.75 Å². The van der Waals surface area contributed by atoms with Gasteiger partial charge in [0, 0.05) is 11.8 Å². The lowest BCUT2D eigenvalue weighted by atomic mass is 9.93. The van der Waals surface area contributed by atoms with Crippen molar-refractivity contribution in [3.63, 3.8) is 0 Å². The lowest BCUT2D eigenvalue weighted by Crippen LogP contribution is -1.94. The number of aromatic hydroxyl groups is 1. The first kappa shape index (κ1) is 17.0. The third-order valence-electron chi connectivity index (χ3n) is 4.70. The zero-order valence-corrected chi connectivity index (χ0v) is 15.3. The lowest BCUT2D eigenvalue weighted by Gasteiger charge is -2.16. The fraction of sp³-hybridized carbons (Fsp3) is 0.136. The number of methoxy groups -OCH3 is 3. The van der Waals surface area contributed by atoms with Crippen LogP contribution < -0.4 is 14.2 Å². The molecule has 1 heterocycles. The molecule has 5 nitrogen and oxygen atoms in total. The molecule has 3 aromatic carbocycles. The summed E-state index contributed by atoms with van der Waals surface area (Å²) in [6, 6.07) is 15.1. The van der Waals surface area contributed by atoms with Gasteiger partial charge in [-0.1, -0.05) is 6.07 Å². The number of hydrogen-bond donors (Lipinski definition) is 1. The number of ether oxygens (including phenoxy) is 3. The molecule has 0 fully saturated rings. The summed E-state index contributed by atoms with van der Waals surface area (Å²) in [5, 5.41) is 13.8. The van der Waals surface area contributed by atoms with E-state index in [1.807, 2.05) is 30.3 Å². The third kappa shape index (κ3) is 2.77. The van der Waals surface area contributed by atoms with E-state index >= 15 is 0 Å². The number of hydrogen-bond acceptors (Lipinski definition) is 5. The van der Waals surface area contributed by atoms with Crippen molar-refractivity contribution in [2.75, 3.05) is 21.3 Å². The maximum Gasteiger partial charge on any atom is 0.221 e. The van der Waals surface area contributed by atoms with Gasteiger partial charge in [-0.15, -0.1) is 0 Å². The smallest absolute Gasteiger partial charge is 0.221 e. The highest BCUT2D eigenvalue weighted by molar-refractivity contribution is 6.15. The van der Waals surface area contributed by atoms with Gasteiger partial charge in [0.15, 0.2) is 11.5 Å². The lowest BCUT2D eigenvalue weighted by molar-refractivity contribution is 0.356. The molecule has 27 heavy (non-hydrogen) atoms. The van der Waals surface area contributed by atoms with E-state index in [0.29, 0.717) is 17.4 Å². The van der Waals surface area contributed by atoms with E-state index in [4.69, 9.17) is 14.2 Å². The molecule has 5 heteroatoms. The summed E-state index contributed by atoms with van der Waals surface area (Å²) in [5.74, 6) is 2.02. The van der Waals surface area contributed by atoms with E-state index in [1.54, 1.807) is 39.7 Å². The van der Waals surface area contributed by atoms with Gasteiger partial charge in [0.05, 0.1) is 21.3 Å². The Hall–Kier alpha value is -3.47. The van der Waals surface area contributed by atoms with Crippen LogP contribution in [-0.2, 0) is 0 Å². The summed E-state index contributed by atoms with van der Waals surface area (Å²) in [6.45, 7) is 0. The number of rotatable bonds is 4. The topological polar surface area (TPSA) is 60.8 Å². The van der Waals surface area contributed by atoms with Crippen LogP contribution in [0, 0.1) is 0 Å². The van der Waals surface area contributed by atoms with Crippen LogP contribution in [0.3, 0.4) is 0 Å². The molecule has 0 aliphatic rings. The van der Waals surface area contributed by atoms with Crippen molar-refractivity contribution in [1.82, 2.24) is 4.98 Å². The summed E-state index contributed by atoms with van der Waals surface area (Å²) in [5.41, 5.74) is 1.85. The van der Waals surface area contributed by atoms with E-state index in [0.717, 1.165) is 32.7 Å². The van der Waals surface area contributed by atoms with Gasteiger partial charge >= 0.3 is 0 Å². The summed E-state index contributed by atoms with van der Waals surface area (Å²) in [6.07, 6.45) is 1.70. The van der Waals surface area contributed by atoms with Gasteiger partial charge in [0.1, 0.15) is 5.75 Å². The molecule has 0 saturated heterocycles. The number of benzene rings is 3. The van der Waals surface area contributed by atoms with Crippen LogP contribution >= 0.6 is 0 Å². The molecule has 0 bridgehead atoms. The van der Waals surface area contributed by atoms with Gasteiger partial charge < -0.3 is 19.3 Å². The number of fused-ring (bicyclic) bond motifs is 3. The second-order valence-corrected chi connectivity index (χ2v) is 6.14. The number of pyridine rings is 1. The van der Waals surface area contributed by atoms with Crippen molar-refractivity contribution in [1.29, 1.82) is 0 Å². The van der Waals surface area contributed by atoms with E-state index < -0.39 is 0 Å². The first-order valence-electron chi connectivity index (χ1n) is 8.47. The Balaban J connectivity index is 2.18. The normalized spacial score (nSPS) is 10.9. The minimum atomic E-state index is 0.213. The molecule has 0 unspecified atom stereocenters. The van der Waals surface area contributed by atoms with Gasteiger partial charge in [-0.3, -0.25) is 0 Å². The molecule has 0 aliphatic heterocycles. The Kier molecular flexibility index (Phi) is 4.20. The van der Waals surface area contributed by atoms with Crippen molar-refractivity contribution < 1.29 is 19.3 Å². The van der Waals surface area contributed by atoms with E-state index in [9.17, 15) is 5.11 Å². The predicted octanol–water partition coefficient (Wildman–Crippen LogP) is 4.79. The van der Waals surface area contributed by atoms with Crippen LogP contribution in [0.15, 0.2) is 54.7 Å². The predicted molar refractivity (Wildman–Crippen MR) is 106 cm³/mol. The van der Waals surface area contributed by atoms with E-state index in [2.05, 4.69) is 11.1 Å². The fourth-order valence-electron chi connectivity index (χ4n) is 3.44. The zero-order chi connectivity index (χ0) is 19.0. The molecule has 0 aliphatic carbocycles. The Morgan fingerprint density at radius 3 is 2.19 bits per heavy atom. The molecular formula is C22H19NO4. The first-order chi connectivity index (χ1) is 13.2. The van der Waals surface area contributed by atoms with Crippen LogP contribution in [-0.4, -0.2) is 31.4 Å². The second kappa shape index (κ2) is 6.68. The average molecular weight is 361 g/mol. The van der Waals surface area contributed by atoms with Crippen molar-refractivity contribution in [3.8, 4) is 34.3 Å². The minimum absolute atomic E-state index is 0.213.